The van der Waals surface area contributed by atoms with Crippen molar-refractivity contribution in [3.05, 3.63) is 40.9 Å². The average Bonchev–Trinajstić information content (AvgIpc) is 3.06. The topological polar surface area (TPSA) is 57.3 Å². The van der Waals surface area contributed by atoms with Crippen molar-refractivity contribution in [1.82, 2.24) is 20.5 Å². The molecule has 2 heterocycles. The molecule has 0 bridgehead atoms. The summed E-state index contributed by atoms with van der Waals surface area (Å²) in [5, 5.41) is 9.03. The Labute approximate surface area is 140 Å². The number of carbonyl (C=O) groups is 1. The predicted octanol–water partition coefficient (Wildman–Crippen LogP) is 1.75. The molecule has 1 saturated heterocycles. The normalized spacial score (nSPS) is 15.5. The number of benzene rings is 1. The highest BCUT2D eigenvalue weighted by molar-refractivity contribution is 7.13. The second-order valence-corrected chi connectivity index (χ2v) is 6.56. The zero-order valence-corrected chi connectivity index (χ0v) is 14.2. The molecule has 122 valence electrons. The Kier molecular flexibility index (Phi) is 5.38. The summed E-state index contributed by atoms with van der Waals surface area (Å²) in [6.07, 6.45) is 0. The van der Waals surface area contributed by atoms with Gasteiger partial charge in [0, 0.05) is 50.2 Å². The van der Waals surface area contributed by atoms with Crippen LogP contribution in [0.2, 0.25) is 0 Å². The summed E-state index contributed by atoms with van der Waals surface area (Å²) in [4.78, 5) is 19.1. The number of nitrogens with zero attached hydrogens (tertiary/aromatic N) is 2. The van der Waals surface area contributed by atoms with E-state index in [2.05, 4.69) is 33.5 Å². The standard InChI is InChI=1S/C17H22N4OS/c1-13-4-2-3-5-14(13)17-20-15(12-23-17)16(22)19-8-11-21-9-6-18-7-10-21/h2-5,12,18H,6-11H2,1H3,(H,19,22). The summed E-state index contributed by atoms with van der Waals surface area (Å²) in [6, 6.07) is 8.11. The molecule has 2 N–H and O–H groups in total. The summed E-state index contributed by atoms with van der Waals surface area (Å²) >= 11 is 1.52. The molecule has 0 unspecified atom stereocenters. The van der Waals surface area contributed by atoms with Gasteiger partial charge >= 0.3 is 0 Å². The van der Waals surface area contributed by atoms with E-state index in [1.807, 2.05) is 23.6 Å². The predicted molar refractivity (Wildman–Crippen MR) is 93.9 cm³/mol. The maximum absolute atomic E-state index is 12.2. The van der Waals surface area contributed by atoms with E-state index in [0.29, 0.717) is 12.2 Å². The van der Waals surface area contributed by atoms with Crippen molar-refractivity contribution in [3.8, 4) is 10.6 Å². The molecule has 3 rings (SSSR count). The van der Waals surface area contributed by atoms with Gasteiger partial charge in [0.15, 0.2) is 0 Å². The third kappa shape index (κ3) is 4.16. The van der Waals surface area contributed by atoms with Crippen molar-refractivity contribution >= 4 is 17.2 Å². The minimum absolute atomic E-state index is 0.0868. The smallest absolute Gasteiger partial charge is 0.270 e. The van der Waals surface area contributed by atoms with Crippen molar-refractivity contribution in [2.45, 2.75) is 6.92 Å². The van der Waals surface area contributed by atoms with Gasteiger partial charge in [-0.2, -0.15) is 0 Å². The molecular weight excluding hydrogens is 308 g/mol. The van der Waals surface area contributed by atoms with E-state index in [9.17, 15) is 4.79 Å². The molecule has 0 saturated carbocycles. The lowest BCUT2D eigenvalue weighted by atomic mass is 10.1. The Balaban J connectivity index is 1.55. The van der Waals surface area contributed by atoms with Gasteiger partial charge in [-0.05, 0) is 12.5 Å². The lowest BCUT2D eigenvalue weighted by Crippen LogP contribution is -2.46. The Morgan fingerprint density at radius 1 is 1.35 bits per heavy atom. The number of aryl methyl sites for hydroxylation is 1. The van der Waals surface area contributed by atoms with E-state index in [0.717, 1.165) is 43.3 Å². The van der Waals surface area contributed by atoms with E-state index in [1.54, 1.807) is 0 Å². The fourth-order valence-corrected chi connectivity index (χ4v) is 3.56. The number of carbonyl (C=O) groups excluding carboxylic acids is 1. The summed E-state index contributed by atoms with van der Waals surface area (Å²) in [5.74, 6) is -0.0868. The van der Waals surface area contributed by atoms with Crippen molar-refractivity contribution in [2.75, 3.05) is 39.3 Å². The number of hydrogen-bond acceptors (Lipinski definition) is 5. The molecule has 0 spiro atoms. The van der Waals surface area contributed by atoms with Crippen LogP contribution in [0.15, 0.2) is 29.6 Å². The van der Waals surface area contributed by atoms with Crippen molar-refractivity contribution in [2.24, 2.45) is 0 Å². The van der Waals surface area contributed by atoms with Gasteiger partial charge in [0.05, 0.1) is 0 Å². The highest BCUT2D eigenvalue weighted by Gasteiger charge is 2.14. The Morgan fingerprint density at radius 3 is 2.91 bits per heavy atom. The van der Waals surface area contributed by atoms with Crippen LogP contribution in [-0.2, 0) is 0 Å². The van der Waals surface area contributed by atoms with Gasteiger partial charge in [-0.3, -0.25) is 9.69 Å². The maximum atomic E-state index is 12.2. The molecule has 1 aliphatic heterocycles. The Bertz CT molecular complexity index is 664. The number of nitrogens with one attached hydrogen (secondary N) is 2. The molecular formula is C17H22N4OS. The van der Waals surface area contributed by atoms with Gasteiger partial charge in [-0.1, -0.05) is 24.3 Å². The quantitative estimate of drug-likeness (QED) is 0.877. The number of hydrogen-bond donors (Lipinski definition) is 2. The zero-order valence-electron chi connectivity index (χ0n) is 13.3. The summed E-state index contributed by atoms with van der Waals surface area (Å²) in [5.41, 5.74) is 2.78. The molecule has 5 nitrogen and oxygen atoms in total. The largest absolute Gasteiger partial charge is 0.349 e. The average molecular weight is 330 g/mol. The maximum Gasteiger partial charge on any atom is 0.270 e. The van der Waals surface area contributed by atoms with Gasteiger partial charge in [-0.25, -0.2) is 4.98 Å². The molecule has 0 radical (unpaired) electrons. The summed E-state index contributed by atoms with van der Waals surface area (Å²) < 4.78 is 0. The van der Waals surface area contributed by atoms with Gasteiger partial charge in [0.2, 0.25) is 0 Å². The lowest BCUT2D eigenvalue weighted by molar-refractivity contribution is 0.0943. The first kappa shape index (κ1) is 16.1. The molecule has 1 aromatic heterocycles. The van der Waals surface area contributed by atoms with Gasteiger partial charge in [0.1, 0.15) is 10.7 Å². The molecule has 0 aliphatic carbocycles. The number of piperazine rings is 1. The van der Waals surface area contributed by atoms with Crippen LogP contribution in [0, 0.1) is 6.92 Å². The van der Waals surface area contributed by atoms with Crippen LogP contribution in [0.25, 0.3) is 10.6 Å². The van der Waals surface area contributed by atoms with Crippen molar-refractivity contribution in [3.63, 3.8) is 0 Å². The first-order chi connectivity index (χ1) is 11.2. The second kappa shape index (κ2) is 7.68. The highest BCUT2D eigenvalue weighted by Crippen LogP contribution is 2.26. The summed E-state index contributed by atoms with van der Waals surface area (Å²) in [7, 11) is 0. The van der Waals surface area contributed by atoms with E-state index >= 15 is 0 Å². The number of amides is 1. The van der Waals surface area contributed by atoms with Gasteiger partial charge in [0.25, 0.3) is 5.91 Å². The van der Waals surface area contributed by atoms with E-state index in [1.165, 1.54) is 16.9 Å². The molecule has 1 fully saturated rings. The molecule has 1 aliphatic rings. The van der Waals surface area contributed by atoms with Crippen LogP contribution in [0.3, 0.4) is 0 Å². The third-order valence-corrected chi connectivity index (χ3v) is 4.91. The fraction of sp³-hybridized carbons (Fsp3) is 0.412. The van der Waals surface area contributed by atoms with Gasteiger partial charge in [-0.15, -0.1) is 11.3 Å². The number of rotatable bonds is 5. The van der Waals surface area contributed by atoms with Crippen LogP contribution in [0.1, 0.15) is 16.1 Å². The Hall–Kier alpha value is -1.76. The van der Waals surface area contributed by atoms with Crippen LogP contribution >= 0.6 is 11.3 Å². The zero-order chi connectivity index (χ0) is 16.1. The number of thiazole rings is 1. The lowest BCUT2D eigenvalue weighted by Gasteiger charge is -2.26. The van der Waals surface area contributed by atoms with E-state index < -0.39 is 0 Å². The highest BCUT2D eigenvalue weighted by atomic mass is 32.1. The number of aromatic nitrogens is 1. The molecule has 6 heteroatoms. The first-order valence-corrected chi connectivity index (χ1v) is 8.85. The monoisotopic (exact) mass is 330 g/mol. The Morgan fingerprint density at radius 2 is 2.13 bits per heavy atom. The van der Waals surface area contributed by atoms with E-state index in [-0.39, 0.29) is 5.91 Å². The van der Waals surface area contributed by atoms with Gasteiger partial charge < -0.3 is 10.6 Å². The minimum atomic E-state index is -0.0868. The van der Waals surface area contributed by atoms with Crippen LogP contribution in [-0.4, -0.2) is 55.1 Å². The molecule has 1 amide bonds. The second-order valence-electron chi connectivity index (χ2n) is 5.70. The molecule has 2 aromatic rings. The van der Waals surface area contributed by atoms with Crippen LogP contribution in [0.4, 0.5) is 0 Å². The van der Waals surface area contributed by atoms with Crippen molar-refractivity contribution in [1.29, 1.82) is 0 Å². The molecule has 1 aromatic carbocycles. The molecule has 0 atom stereocenters. The van der Waals surface area contributed by atoms with Crippen LogP contribution in [0.5, 0.6) is 0 Å². The SMILES string of the molecule is Cc1ccccc1-c1nc(C(=O)NCCN2CCNCC2)cs1. The summed E-state index contributed by atoms with van der Waals surface area (Å²) in [6.45, 7) is 7.76. The minimum Gasteiger partial charge on any atom is -0.349 e. The first-order valence-electron chi connectivity index (χ1n) is 7.97. The van der Waals surface area contributed by atoms with Crippen LogP contribution < -0.4 is 10.6 Å². The molecule has 23 heavy (non-hydrogen) atoms. The van der Waals surface area contributed by atoms with Crippen molar-refractivity contribution < 1.29 is 4.79 Å². The fourth-order valence-electron chi connectivity index (χ4n) is 2.67. The third-order valence-electron chi connectivity index (χ3n) is 4.04. The van der Waals surface area contributed by atoms with E-state index in [4.69, 9.17) is 0 Å².